The van der Waals surface area contributed by atoms with Crippen molar-refractivity contribution in [2.45, 2.75) is 53.0 Å². The van der Waals surface area contributed by atoms with Crippen LogP contribution in [0.3, 0.4) is 0 Å². The first kappa shape index (κ1) is 20.8. The second kappa shape index (κ2) is 8.90. The van der Waals surface area contributed by atoms with Crippen LogP contribution in [0.1, 0.15) is 47.5 Å². The molecule has 1 aliphatic heterocycles. The Morgan fingerprint density at radius 1 is 1.46 bits per heavy atom. The maximum atomic E-state index is 14.6. The van der Waals surface area contributed by atoms with E-state index in [4.69, 9.17) is 9.98 Å². The predicted octanol–water partition coefficient (Wildman–Crippen LogP) is 6.67. The Bertz CT molecular complexity index is 761. The van der Waals surface area contributed by atoms with Crippen LogP contribution in [0.25, 0.3) is 0 Å². The highest BCUT2D eigenvalue weighted by atomic mass is 79.9. The minimum Gasteiger partial charge on any atom is -0.288 e. The maximum absolute atomic E-state index is 14.6. The summed E-state index contributed by atoms with van der Waals surface area (Å²) in [6.07, 6.45) is 12.9. The number of hydrogen-bond donors (Lipinski definition) is 0. The fourth-order valence-electron chi connectivity index (χ4n) is 3.10. The Morgan fingerprint density at radius 2 is 2.19 bits per heavy atom. The molecule has 2 aliphatic rings. The van der Waals surface area contributed by atoms with Gasteiger partial charge >= 0.3 is 0 Å². The molecule has 1 atom stereocenters. The van der Waals surface area contributed by atoms with E-state index < -0.39 is 0 Å². The fraction of sp³-hybridized carbons (Fsp3) is 0.455. The molecule has 1 heterocycles. The molecule has 0 radical (unpaired) electrons. The first-order valence-corrected chi connectivity index (χ1v) is 9.90. The molecule has 0 saturated carbocycles. The topological polar surface area (TPSA) is 24.7 Å². The van der Waals surface area contributed by atoms with E-state index in [1.165, 1.54) is 0 Å². The third-order valence-electron chi connectivity index (χ3n) is 4.49. The van der Waals surface area contributed by atoms with Gasteiger partial charge in [-0.1, -0.05) is 31.2 Å². The maximum Gasteiger partial charge on any atom is 0.123 e. The molecule has 4 heteroatoms. The lowest BCUT2D eigenvalue weighted by Gasteiger charge is -2.31. The average Bonchev–Trinajstić information content (AvgIpc) is 2.77. The lowest BCUT2D eigenvalue weighted by Crippen LogP contribution is -2.31. The van der Waals surface area contributed by atoms with Gasteiger partial charge in [-0.2, -0.15) is 0 Å². The summed E-state index contributed by atoms with van der Waals surface area (Å²) in [4.78, 5) is 9.67. The van der Waals surface area contributed by atoms with Crippen LogP contribution in [0.5, 0.6) is 0 Å². The molecule has 0 aromatic heterocycles. The predicted molar refractivity (Wildman–Crippen MR) is 115 cm³/mol. The molecule has 26 heavy (non-hydrogen) atoms. The summed E-state index contributed by atoms with van der Waals surface area (Å²) in [5.41, 5.74) is 3.34. The van der Waals surface area contributed by atoms with Gasteiger partial charge in [0.1, 0.15) is 5.83 Å². The van der Waals surface area contributed by atoms with Crippen LogP contribution in [0.4, 0.5) is 4.39 Å². The van der Waals surface area contributed by atoms with Gasteiger partial charge in [-0.05, 0) is 67.8 Å². The van der Waals surface area contributed by atoms with Gasteiger partial charge in [0.2, 0.25) is 0 Å². The summed E-state index contributed by atoms with van der Waals surface area (Å²) < 4.78 is 15.5. The van der Waals surface area contributed by atoms with Crippen LogP contribution in [0, 0.1) is 5.92 Å². The second-order valence-corrected chi connectivity index (χ2v) is 8.29. The normalized spacial score (nSPS) is 22.1. The molecule has 0 aromatic rings. The monoisotopic (exact) mass is 418 g/mol. The molecule has 140 valence electrons. The van der Waals surface area contributed by atoms with Crippen LogP contribution >= 0.6 is 15.9 Å². The van der Waals surface area contributed by atoms with Gasteiger partial charge in [0.25, 0.3) is 0 Å². The minimum absolute atomic E-state index is 0.102. The largest absolute Gasteiger partial charge is 0.288 e. The molecular weight excluding hydrogens is 391 g/mol. The van der Waals surface area contributed by atoms with Gasteiger partial charge < -0.3 is 0 Å². The highest BCUT2D eigenvalue weighted by molar-refractivity contribution is 9.12. The van der Waals surface area contributed by atoms with Crippen molar-refractivity contribution in [3.8, 4) is 0 Å². The zero-order chi connectivity index (χ0) is 19.3. The van der Waals surface area contributed by atoms with E-state index in [1.807, 2.05) is 44.2 Å². The number of hydrogen-bond acceptors (Lipinski definition) is 2. The molecule has 0 saturated heterocycles. The van der Waals surface area contributed by atoms with Crippen molar-refractivity contribution in [1.82, 2.24) is 0 Å². The lowest BCUT2D eigenvalue weighted by atomic mass is 9.83. The molecule has 2 rings (SSSR count). The van der Waals surface area contributed by atoms with Gasteiger partial charge in [-0.3, -0.25) is 9.98 Å². The van der Waals surface area contributed by atoms with Crippen molar-refractivity contribution < 1.29 is 4.39 Å². The molecule has 0 bridgehead atoms. The summed E-state index contributed by atoms with van der Waals surface area (Å²) in [5.74, 6) is 0.0153. The Morgan fingerprint density at radius 3 is 2.88 bits per heavy atom. The number of halogens is 2. The van der Waals surface area contributed by atoms with Crippen LogP contribution in [0.2, 0.25) is 0 Å². The van der Waals surface area contributed by atoms with Crippen molar-refractivity contribution in [2.24, 2.45) is 15.9 Å². The van der Waals surface area contributed by atoms with E-state index in [2.05, 4.69) is 36.7 Å². The molecule has 0 spiro atoms. The standard InChI is InChI=1S/C22H28BrFN2/c1-6-7-11-19(23)16(3)25-14-15(2)21-17-10-8-9-12-20(24)18(17)13-22(4,5)26-21/h6-8,10-12,15H,9,13-14H2,1-5H3/b7-6-,19-11+,25-16?/t15-/m1/s1. The smallest absolute Gasteiger partial charge is 0.123 e. The van der Waals surface area contributed by atoms with Gasteiger partial charge in [0, 0.05) is 40.4 Å². The van der Waals surface area contributed by atoms with Crippen molar-refractivity contribution >= 4 is 27.4 Å². The molecule has 0 aromatic carbocycles. The Kier molecular flexibility index (Phi) is 7.10. The van der Waals surface area contributed by atoms with Crippen LogP contribution in [-0.2, 0) is 0 Å². The summed E-state index contributed by atoms with van der Waals surface area (Å²) in [6.45, 7) is 10.8. The van der Waals surface area contributed by atoms with Crippen molar-refractivity contribution in [3.05, 3.63) is 57.9 Å². The van der Waals surface area contributed by atoms with Gasteiger partial charge in [-0.25, -0.2) is 4.39 Å². The summed E-state index contributed by atoms with van der Waals surface area (Å²) in [6, 6.07) is 0. The molecular formula is C22H28BrFN2. The number of allylic oxidation sites excluding steroid dienone is 9. The third-order valence-corrected chi connectivity index (χ3v) is 5.33. The van der Waals surface area contributed by atoms with Crippen molar-refractivity contribution in [1.29, 1.82) is 0 Å². The minimum atomic E-state index is -0.295. The Balaban J connectivity index is 2.30. The van der Waals surface area contributed by atoms with Crippen LogP contribution in [-0.4, -0.2) is 23.5 Å². The fourth-order valence-corrected chi connectivity index (χ4v) is 3.38. The first-order valence-electron chi connectivity index (χ1n) is 9.11. The summed E-state index contributed by atoms with van der Waals surface area (Å²) in [5, 5.41) is 0. The van der Waals surface area contributed by atoms with E-state index in [-0.39, 0.29) is 17.3 Å². The zero-order valence-electron chi connectivity index (χ0n) is 16.3. The number of nitrogens with zero attached hydrogens (tertiary/aromatic N) is 2. The second-order valence-electron chi connectivity index (χ2n) is 7.44. The Hall–Kier alpha value is -1.55. The molecule has 0 N–H and O–H groups in total. The average molecular weight is 419 g/mol. The highest BCUT2D eigenvalue weighted by Crippen LogP contribution is 2.37. The lowest BCUT2D eigenvalue weighted by molar-refractivity contribution is 0.490. The molecule has 0 amide bonds. The van der Waals surface area contributed by atoms with Crippen LogP contribution in [0.15, 0.2) is 67.9 Å². The van der Waals surface area contributed by atoms with E-state index in [0.29, 0.717) is 19.4 Å². The molecule has 2 nitrogen and oxygen atoms in total. The molecule has 0 fully saturated rings. The van der Waals surface area contributed by atoms with Gasteiger partial charge in [-0.15, -0.1) is 0 Å². The SMILES string of the molecule is C/C=C\C=C(\Br)C(C)=NC[C@@H](C)C1=NC(C)(C)CC2=C1C=CCC=C2F. The first-order chi connectivity index (χ1) is 12.2. The van der Waals surface area contributed by atoms with E-state index >= 15 is 0 Å². The van der Waals surface area contributed by atoms with Gasteiger partial charge in [0.05, 0.1) is 5.54 Å². The van der Waals surface area contributed by atoms with Crippen LogP contribution < -0.4 is 0 Å². The zero-order valence-corrected chi connectivity index (χ0v) is 17.9. The third kappa shape index (κ3) is 5.23. The molecule has 1 aliphatic carbocycles. The summed E-state index contributed by atoms with van der Waals surface area (Å²) >= 11 is 3.55. The van der Waals surface area contributed by atoms with E-state index in [9.17, 15) is 4.39 Å². The highest BCUT2D eigenvalue weighted by Gasteiger charge is 2.32. The number of aliphatic imine (C=N–C) groups is 2. The quantitative estimate of drug-likeness (QED) is 0.351. The summed E-state index contributed by atoms with van der Waals surface area (Å²) in [7, 11) is 0. The van der Waals surface area contributed by atoms with Crippen molar-refractivity contribution in [3.63, 3.8) is 0 Å². The van der Waals surface area contributed by atoms with E-state index in [0.717, 1.165) is 27.1 Å². The number of dihydropyridines is 1. The number of rotatable bonds is 5. The van der Waals surface area contributed by atoms with Gasteiger partial charge in [0.15, 0.2) is 0 Å². The Labute approximate surface area is 165 Å². The van der Waals surface area contributed by atoms with Crippen molar-refractivity contribution in [2.75, 3.05) is 6.54 Å². The van der Waals surface area contributed by atoms with E-state index in [1.54, 1.807) is 6.08 Å². The molecule has 0 unspecified atom stereocenters.